The van der Waals surface area contributed by atoms with E-state index < -0.39 is 0 Å². The molecule has 0 fully saturated rings. The molecule has 2 rings (SSSR count). The number of halogens is 2. The number of nitrogens with two attached hydrogens (primary N) is 1. The molecule has 96 valence electrons. The van der Waals surface area contributed by atoms with Gasteiger partial charge >= 0.3 is 0 Å². The molecule has 1 heterocycles. The smallest absolute Gasteiger partial charge is 0.169 e. The lowest BCUT2D eigenvalue weighted by Crippen LogP contribution is -2.09. The number of hydrogen-bond donors (Lipinski definition) is 1. The summed E-state index contributed by atoms with van der Waals surface area (Å²) in [5.74, 6) is 0.709. The summed E-state index contributed by atoms with van der Waals surface area (Å²) in [7, 11) is 0. The van der Waals surface area contributed by atoms with Crippen molar-refractivity contribution < 1.29 is 0 Å². The van der Waals surface area contributed by atoms with Gasteiger partial charge in [-0.05, 0) is 29.7 Å². The molecule has 4 nitrogen and oxygen atoms in total. The minimum Gasteiger partial charge on any atom is -0.381 e. The van der Waals surface area contributed by atoms with E-state index in [-0.39, 0.29) is 5.92 Å². The Kier molecular flexibility index (Phi) is 3.78. The zero-order valence-corrected chi connectivity index (χ0v) is 11.7. The zero-order valence-electron chi connectivity index (χ0n) is 10.2. The second-order valence-corrected chi connectivity index (χ2v) is 5.25. The van der Waals surface area contributed by atoms with Crippen molar-refractivity contribution in [1.82, 2.24) is 15.0 Å². The molecule has 0 spiro atoms. The molecule has 0 saturated carbocycles. The molecule has 2 N–H and O–H groups in total. The van der Waals surface area contributed by atoms with Crippen LogP contribution in [0.4, 0.5) is 5.82 Å². The van der Waals surface area contributed by atoms with E-state index in [0.29, 0.717) is 22.4 Å². The monoisotopic (exact) mass is 284 g/mol. The number of aromatic nitrogens is 3. The van der Waals surface area contributed by atoms with Crippen LogP contribution in [0.1, 0.15) is 31.0 Å². The minimum atomic E-state index is 0.248. The molecule has 0 atom stereocenters. The van der Waals surface area contributed by atoms with Gasteiger partial charge in [0.05, 0.1) is 12.2 Å². The van der Waals surface area contributed by atoms with E-state index in [1.54, 1.807) is 16.8 Å². The number of nitrogens with zero attached hydrogens (tertiary/aromatic N) is 3. The van der Waals surface area contributed by atoms with Crippen molar-refractivity contribution in [3.8, 4) is 0 Å². The summed E-state index contributed by atoms with van der Waals surface area (Å²) in [6.07, 6.45) is 0. The number of nitrogen functional groups attached to an aromatic ring is 1. The van der Waals surface area contributed by atoms with Gasteiger partial charge in [0.25, 0.3) is 0 Å². The van der Waals surface area contributed by atoms with Crippen LogP contribution in [0.3, 0.4) is 0 Å². The summed E-state index contributed by atoms with van der Waals surface area (Å²) in [5, 5.41) is 9.25. The van der Waals surface area contributed by atoms with Crippen LogP contribution in [0.2, 0.25) is 10.0 Å². The first kappa shape index (κ1) is 13.2. The Bertz CT molecular complexity index is 563. The number of rotatable bonds is 3. The van der Waals surface area contributed by atoms with Gasteiger partial charge in [0.1, 0.15) is 0 Å². The Morgan fingerprint density at radius 1 is 1.33 bits per heavy atom. The van der Waals surface area contributed by atoms with Crippen LogP contribution in [-0.2, 0) is 6.54 Å². The second-order valence-electron chi connectivity index (χ2n) is 4.41. The van der Waals surface area contributed by atoms with Crippen LogP contribution >= 0.6 is 23.2 Å². The zero-order chi connectivity index (χ0) is 13.3. The molecule has 2 aromatic rings. The van der Waals surface area contributed by atoms with Gasteiger partial charge in [-0.1, -0.05) is 42.3 Å². The van der Waals surface area contributed by atoms with Gasteiger partial charge < -0.3 is 5.73 Å². The molecule has 6 heteroatoms. The third-order valence-electron chi connectivity index (χ3n) is 2.68. The van der Waals surface area contributed by atoms with E-state index in [1.807, 2.05) is 19.9 Å². The lowest BCUT2D eigenvalue weighted by Gasteiger charge is -2.11. The average molecular weight is 285 g/mol. The SMILES string of the molecule is CC(C)c1c(N)nnn1Cc1cc(Cl)ccc1Cl. The van der Waals surface area contributed by atoms with E-state index >= 15 is 0 Å². The highest BCUT2D eigenvalue weighted by Crippen LogP contribution is 2.24. The Balaban J connectivity index is 2.37. The van der Waals surface area contributed by atoms with E-state index in [2.05, 4.69) is 10.3 Å². The van der Waals surface area contributed by atoms with E-state index in [0.717, 1.165) is 11.3 Å². The number of benzene rings is 1. The van der Waals surface area contributed by atoms with Crippen LogP contribution in [0, 0.1) is 0 Å². The summed E-state index contributed by atoms with van der Waals surface area (Å²) in [6, 6.07) is 5.35. The quantitative estimate of drug-likeness (QED) is 0.941. The fourth-order valence-corrected chi connectivity index (χ4v) is 2.24. The Hall–Kier alpha value is -1.26. The standard InChI is InChI=1S/C12H14Cl2N4/c1-7(2)11-12(15)16-17-18(11)6-8-5-9(13)3-4-10(8)14/h3-5,7H,6,15H2,1-2H3. The predicted octanol–water partition coefficient (Wildman–Crippen LogP) is 3.34. The molecule has 0 radical (unpaired) electrons. The van der Waals surface area contributed by atoms with Crippen LogP contribution < -0.4 is 5.73 Å². The third-order valence-corrected chi connectivity index (χ3v) is 3.28. The summed E-state index contributed by atoms with van der Waals surface area (Å²) in [5.41, 5.74) is 7.62. The van der Waals surface area contributed by atoms with Gasteiger partial charge in [0, 0.05) is 10.0 Å². The van der Waals surface area contributed by atoms with E-state index in [4.69, 9.17) is 28.9 Å². The summed E-state index contributed by atoms with van der Waals surface area (Å²) < 4.78 is 1.76. The molecule has 0 amide bonds. The van der Waals surface area contributed by atoms with Crippen molar-refractivity contribution in [2.24, 2.45) is 0 Å². The van der Waals surface area contributed by atoms with Crippen molar-refractivity contribution in [3.05, 3.63) is 39.5 Å². The van der Waals surface area contributed by atoms with Crippen molar-refractivity contribution in [3.63, 3.8) is 0 Å². The maximum Gasteiger partial charge on any atom is 0.169 e. The molecule has 0 saturated heterocycles. The van der Waals surface area contributed by atoms with Crippen LogP contribution in [0.15, 0.2) is 18.2 Å². The maximum absolute atomic E-state index is 6.13. The normalized spacial score (nSPS) is 11.2. The first-order valence-electron chi connectivity index (χ1n) is 5.62. The molecular weight excluding hydrogens is 271 g/mol. The largest absolute Gasteiger partial charge is 0.381 e. The lowest BCUT2D eigenvalue weighted by atomic mass is 10.1. The molecule has 18 heavy (non-hydrogen) atoms. The van der Waals surface area contributed by atoms with Gasteiger partial charge in [-0.2, -0.15) is 0 Å². The summed E-state index contributed by atoms with van der Waals surface area (Å²) in [6.45, 7) is 4.60. The maximum atomic E-state index is 6.13. The predicted molar refractivity (Wildman–Crippen MR) is 74.1 cm³/mol. The molecule has 0 aliphatic rings. The molecular formula is C12H14Cl2N4. The minimum absolute atomic E-state index is 0.248. The van der Waals surface area contributed by atoms with Crippen molar-refractivity contribution in [1.29, 1.82) is 0 Å². The highest BCUT2D eigenvalue weighted by atomic mass is 35.5. The molecule has 0 aliphatic carbocycles. The van der Waals surface area contributed by atoms with Crippen LogP contribution in [0.25, 0.3) is 0 Å². The first-order valence-corrected chi connectivity index (χ1v) is 6.37. The Labute approximate surface area is 116 Å². The fourth-order valence-electron chi connectivity index (χ4n) is 1.87. The van der Waals surface area contributed by atoms with Crippen molar-refractivity contribution >= 4 is 29.0 Å². The third kappa shape index (κ3) is 2.60. The van der Waals surface area contributed by atoms with Crippen molar-refractivity contribution in [2.45, 2.75) is 26.3 Å². The van der Waals surface area contributed by atoms with E-state index in [1.165, 1.54) is 0 Å². The topological polar surface area (TPSA) is 56.7 Å². The Morgan fingerprint density at radius 3 is 2.72 bits per heavy atom. The van der Waals surface area contributed by atoms with Crippen LogP contribution in [0.5, 0.6) is 0 Å². The molecule has 1 aromatic heterocycles. The molecule has 1 aromatic carbocycles. The van der Waals surface area contributed by atoms with Gasteiger partial charge in [-0.15, -0.1) is 5.10 Å². The molecule has 0 bridgehead atoms. The summed E-state index contributed by atoms with van der Waals surface area (Å²) >= 11 is 12.1. The highest BCUT2D eigenvalue weighted by molar-refractivity contribution is 6.33. The van der Waals surface area contributed by atoms with Crippen LogP contribution in [-0.4, -0.2) is 15.0 Å². The number of anilines is 1. The second kappa shape index (κ2) is 5.16. The highest BCUT2D eigenvalue weighted by Gasteiger charge is 2.15. The number of hydrogen-bond acceptors (Lipinski definition) is 3. The lowest BCUT2D eigenvalue weighted by molar-refractivity contribution is 0.598. The fraction of sp³-hybridized carbons (Fsp3) is 0.333. The van der Waals surface area contributed by atoms with Gasteiger partial charge in [0.15, 0.2) is 5.82 Å². The van der Waals surface area contributed by atoms with Gasteiger partial charge in [-0.3, -0.25) is 0 Å². The first-order chi connectivity index (χ1) is 8.49. The van der Waals surface area contributed by atoms with Crippen molar-refractivity contribution in [2.75, 3.05) is 5.73 Å². The molecule has 0 aliphatic heterocycles. The van der Waals surface area contributed by atoms with E-state index in [9.17, 15) is 0 Å². The Morgan fingerprint density at radius 2 is 2.06 bits per heavy atom. The average Bonchev–Trinajstić information content (AvgIpc) is 2.65. The summed E-state index contributed by atoms with van der Waals surface area (Å²) in [4.78, 5) is 0. The molecule has 0 unspecified atom stereocenters. The van der Waals surface area contributed by atoms with Gasteiger partial charge in [-0.25, -0.2) is 4.68 Å². The van der Waals surface area contributed by atoms with Gasteiger partial charge in [0.2, 0.25) is 0 Å².